The Morgan fingerprint density at radius 3 is 2.70 bits per heavy atom. The topological polar surface area (TPSA) is 97.5 Å². The Hall–Kier alpha value is -1.09. The van der Waals surface area contributed by atoms with Crippen LogP contribution in [0, 0.1) is 5.92 Å². The molecule has 1 aromatic heterocycles. The number of nitrogens with zero attached hydrogens (tertiary/aromatic N) is 5. The number of sulfonamides is 1. The van der Waals surface area contributed by atoms with Gasteiger partial charge in [0, 0.05) is 20.1 Å². The second-order valence-corrected chi connectivity index (χ2v) is 7.33. The van der Waals surface area contributed by atoms with Crippen molar-refractivity contribution in [3.63, 3.8) is 0 Å². The Balaban J connectivity index is 2.27. The molecule has 1 aliphatic rings. The second kappa shape index (κ2) is 5.72. The molecule has 1 aromatic rings. The van der Waals surface area contributed by atoms with E-state index in [-0.39, 0.29) is 21.6 Å². The Labute approximate surface area is 125 Å². The zero-order valence-electron chi connectivity index (χ0n) is 11.0. The highest BCUT2D eigenvalue weighted by atomic mass is 79.9. The summed E-state index contributed by atoms with van der Waals surface area (Å²) < 4.78 is 28.0. The van der Waals surface area contributed by atoms with E-state index in [1.165, 1.54) is 16.0 Å². The molecule has 20 heavy (non-hydrogen) atoms. The Kier molecular flexibility index (Phi) is 4.38. The molecule has 1 fully saturated rings. The summed E-state index contributed by atoms with van der Waals surface area (Å²) in [5.41, 5.74) is 0. The lowest BCUT2D eigenvalue weighted by atomic mass is 9.96. The number of hydrogen-bond acceptors (Lipinski definition) is 6. The van der Waals surface area contributed by atoms with E-state index in [4.69, 9.17) is 0 Å². The van der Waals surface area contributed by atoms with Gasteiger partial charge in [0.05, 0.1) is 6.04 Å². The third-order valence-corrected chi connectivity index (χ3v) is 6.12. The minimum absolute atomic E-state index is 0.0297. The van der Waals surface area contributed by atoms with Gasteiger partial charge in [-0.1, -0.05) is 12.1 Å². The highest BCUT2D eigenvalue weighted by Crippen LogP contribution is 2.27. The number of rotatable bonds is 3. The van der Waals surface area contributed by atoms with Gasteiger partial charge in [-0.25, -0.2) is 22.9 Å². The fourth-order valence-corrected chi connectivity index (χ4v) is 4.88. The number of aromatic nitrogens is 3. The van der Waals surface area contributed by atoms with Crippen LogP contribution in [0.5, 0.6) is 0 Å². The first-order valence-electron chi connectivity index (χ1n) is 6.00. The van der Waals surface area contributed by atoms with Crippen molar-refractivity contribution in [2.24, 2.45) is 18.0 Å². The number of piperidine rings is 1. The third kappa shape index (κ3) is 2.69. The molecule has 10 heteroatoms. The zero-order chi connectivity index (χ0) is 14.9. The molecule has 2 rings (SSSR count). The van der Waals surface area contributed by atoms with Crippen molar-refractivity contribution in [2.45, 2.75) is 24.4 Å². The molecule has 1 saturated heterocycles. The van der Waals surface area contributed by atoms with E-state index in [0.29, 0.717) is 19.5 Å². The molecular formula is C10H14BrN5O3S. The van der Waals surface area contributed by atoms with Crippen molar-refractivity contribution >= 4 is 32.0 Å². The fraction of sp³-hybridized carbons (Fsp3) is 0.700. The van der Waals surface area contributed by atoms with E-state index in [1.54, 1.807) is 6.08 Å². The summed E-state index contributed by atoms with van der Waals surface area (Å²) in [6, 6.07) is -0.174. The first kappa shape index (κ1) is 15.3. The summed E-state index contributed by atoms with van der Waals surface area (Å²) in [6.07, 6.45) is 2.04. The third-order valence-electron chi connectivity index (χ3n) is 3.36. The molecular weight excluding hydrogens is 350 g/mol. The average molecular weight is 364 g/mol. The van der Waals surface area contributed by atoms with Crippen LogP contribution in [0.2, 0.25) is 0 Å². The number of carbonyl (C=O) groups excluding carboxylic acids is 1. The maximum absolute atomic E-state index is 12.6. The number of hydrogen-bond donors (Lipinski definition) is 0. The largest absolute Gasteiger partial charge is 0.263 e. The second-order valence-electron chi connectivity index (χ2n) is 4.73. The van der Waals surface area contributed by atoms with Crippen LogP contribution >= 0.6 is 15.9 Å². The molecule has 2 unspecified atom stereocenters. The maximum Gasteiger partial charge on any atom is 0.263 e. The van der Waals surface area contributed by atoms with E-state index in [9.17, 15) is 13.2 Å². The Morgan fingerprint density at radius 2 is 2.20 bits per heavy atom. The van der Waals surface area contributed by atoms with Crippen molar-refractivity contribution in [1.82, 2.24) is 19.3 Å². The molecule has 110 valence electrons. The van der Waals surface area contributed by atoms with Crippen LogP contribution in [0.1, 0.15) is 13.3 Å². The predicted octanol–water partition coefficient (Wildman–Crippen LogP) is 0.313. The van der Waals surface area contributed by atoms with Crippen LogP contribution in [0.15, 0.2) is 14.6 Å². The van der Waals surface area contributed by atoms with Crippen LogP contribution in [-0.2, 0) is 21.9 Å². The van der Waals surface area contributed by atoms with Crippen molar-refractivity contribution in [3.05, 3.63) is 4.60 Å². The lowest BCUT2D eigenvalue weighted by Gasteiger charge is -2.33. The summed E-state index contributed by atoms with van der Waals surface area (Å²) in [7, 11) is -2.14. The van der Waals surface area contributed by atoms with Crippen molar-refractivity contribution in [2.75, 3.05) is 13.1 Å². The van der Waals surface area contributed by atoms with Crippen LogP contribution in [0.3, 0.4) is 0 Å². The molecule has 1 aliphatic heterocycles. The lowest BCUT2D eigenvalue weighted by molar-refractivity contribution is 0.250. The smallest absolute Gasteiger partial charge is 0.235 e. The molecule has 0 radical (unpaired) electrons. The van der Waals surface area contributed by atoms with E-state index >= 15 is 0 Å². The summed E-state index contributed by atoms with van der Waals surface area (Å²) in [4.78, 5) is 14.0. The van der Waals surface area contributed by atoms with E-state index in [2.05, 4.69) is 31.2 Å². The zero-order valence-corrected chi connectivity index (χ0v) is 13.4. The highest BCUT2D eigenvalue weighted by molar-refractivity contribution is 9.10. The van der Waals surface area contributed by atoms with Crippen LogP contribution in [-0.4, -0.2) is 52.9 Å². The summed E-state index contributed by atoms with van der Waals surface area (Å²) in [5.74, 6) is -0.0417. The van der Waals surface area contributed by atoms with Crippen molar-refractivity contribution < 1.29 is 13.2 Å². The number of isocyanates is 1. The number of halogens is 1. The molecule has 0 N–H and O–H groups in total. The first-order chi connectivity index (χ1) is 9.37. The van der Waals surface area contributed by atoms with E-state index < -0.39 is 10.0 Å². The van der Waals surface area contributed by atoms with Crippen LogP contribution in [0.25, 0.3) is 0 Å². The molecule has 2 heterocycles. The van der Waals surface area contributed by atoms with Gasteiger partial charge in [0.25, 0.3) is 10.0 Å². The summed E-state index contributed by atoms with van der Waals surface area (Å²) in [6.45, 7) is 2.47. The van der Waals surface area contributed by atoms with Crippen LogP contribution in [0.4, 0.5) is 0 Å². The average Bonchev–Trinajstić information content (AvgIpc) is 2.72. The van der Waals surface area contributed by atoms with Gasteiger partial charge in [-0.2, -0.15) is 4.31 Å². The van der Waals surface area contributed by atoms with Gasteiger partial charge in [0.2, 0.25) is 11.1 Å². The van der Waals surface area contributed by atoms with Gasteiger partial charge in [-0.05, 0) is 28.3 Å². The molecule has 0 aliphatic carbocycles. The fourth-order valence-electron chi connectivity index (χ4n) is 2.29. The molecule has 0 amide bonds. The Morgan fingerprint density at radius 1 is 1.50 bits per heavy atom. The molecule has 8 nitrogen and oxygen atoms in total. The molecule has 0 spiro atoms. The minimum Gasteiger partial charge on any atom is -0.235 e. The highest BCUT2D eigenvalue weighted by Gasteiger charge is 2.36. The van der Waals surface area contributed by atoms with E-state index in [1.807, 2.05) is 6.92 Å². The SMILES string of the molecule is CC1CN(S(=O)(=O)c2c(Br)nnn2C)CCC1N=C=O. The monoisotopic (exact) mass is 363 g/mol. The summed E-state index contributed by atoms with van der Waals surface area (Å²) in [5, 5.41) is 7.41. The van der Waals surface area contributed by atoms with Gasteiger partial charge < -0.3 is 0 Å². The van der Waals surface area contributed by atoms with E-state index in [0.717, 1.165) is 0 Å². The first-order valence-corrected chi connectivity index (χ1v) is 8.23. The predicted molar refractivity (Wildman–Crippen MR) is 73.2 cm³/mol. The molecule has 0 aromatic carbocycles. The quantitative estimate of drug-likeness (QED) is 0.568. The van der Waals surface area contributed by atoms with Gasteiger partial charge in [0.15, 0.2) is 4.60 Å². The van der Waals surface area contributed by atoms with Crippen molar-refractivity contribution in [3.8, 4) is 0 Å². The van der Waals surface area contributed by atoms with Gasteiger partial charge in [-0.15, -0.1) is 5.10 Å². The maximum atomic E-state index is 12.6. The molecule has 0 saturated carbocycles. The standard InChI is InChI=1S/C10H14BrN5O3S/c1-7-5-16(4-3-8(7)12-6-17)20(18,19)10-9(11)13-14-15(10)2/h7-8H,3-5H2,1-2H3. The minimum atomic E-state index is -3.67. The van der Waals surface area contributed by atoms with Crippen LogP contribution < -0.4 is 0 Å². The van der Waals surface area contributed by atoms with Crippen molar-refractivity contribution in [1.29, 1.82) is 0 Å². The van der Waals surface area contributed by atoms with Gasteiger partial charge in [-0.3, -0.25) is 0 Å². The number of aryl methyl sites for hydroxylation is 1. The normalized spacial score (nSPS) is 24.4. The molecule has 0 bridgehead atoms. The Bertz CT molecular complexity index is 632. The van der Waals surface area contributed by atoms with Gasteiger partial charge in [0.1, 0.15) is 0 Å². The lowest BCUT2D eigenvalue weighted by Crippen LogP contribution is -2.44. The molecule has 2 atom stereocenters. The number of aliphatic imine (C=N–C) groups is 1. The van der Waals surface area contributed by atoms with Gasteiger partial charge >= 0.3 is 0 Å². The summed E-state index contributed by atoms with van der Waals surface area (Å²) >= 11 is 3.10.